The molecule has 158 valence electrons. The van der Waals surface area contributed by atoms with E-state index in [2.05, 4.69) is 17.2 Å². The van der Waals surface area contributed by atoms with Crippen LogP contribution in [0, 0.1) is 11.8 Å². The Bertz CT molecular complexity index is 480. The van der Waals surface area contributed by atoms with Crippen molar-refractivity contribution in [3.05, 3.63) is 12.7 Å². The van der Waals surface area contributed by atoms with E-state index in [1.807, 2.05) is 27.7 Å². The maximum absolute atomic E-state index is 13.0. The zero-order valence-corrected chi connectivity index (χ0v) is 17.2. The number of carbonyl (C=O) groups excluding carboxylic acids is 2. The second kappa shape index (κ2) is 12.1. The molecule has 0 heterocycles. The van der Waals surface area contributed by atoms with Gasteiger partial charge in [0, 0.05) is 18.9 Å². The van der Waals surface area contributed by atoms with E-state index < -0.39 is 30.0 Å². The number of carbonyl (C=O) groups is 2. The maximum atomic E-state index is 13.0. The lowest BCUT2D eigenvalue weighted by Crippen LogP contribution is -2.53. The van der Waals surface area contributed by atoms with Crippen LogP contribution in [0.4, 0.5) is 8.78 Å². The van der Waals surface area contributed by atoms with Gasteiger partial charge < -0.3 is 15.7 Å². The average molecular weight is 391 g/mol. The van der Waals surface area contributed by atoms with Crippen molar-refractivity contribution < 1.29 is 23.5 Å². The third-order valence-corrected chi connectivity index (χ3v) is 4.30. The number of hydrogen-bond donors (Lipinski definition) is 3. The van der Waals surface area contributed by atoms with Crippen LogP contribution in [0.2, 0.25) is 0 Å². The van der Waals surface area contributed by atoms with Crippen LogP contribution < -0.4 is 10.6 Å². The van der Waals surface area contributed by atoms with E-state index >= 15 is 0 Å². The summed E-state index contributed by atoms with van der Waals surface area (Å²) < 4.78 is 26.1. The Morgan fingerprint density at radius 3 is 2.22 bits per heavy atom. The number of aliphatic hydroxyl groups is 1. The molecule has 2 unspecified atom stereocenters. The predicted molar refractivity (Wildman–Crippen MR) is 103 cm³/mol. The van der Waals surface area contributed by atoms with Gasteiger partial charge in [-0.1, -0.05) is 33.8 Å². The first-order chi connectivity index (χ1) is 12.4. The lowest BCUT2D eigenvalue weighted by atomic mass is 9.93. The van der Waals surface area contributed by atoms with Gasteiger partial charge in [-0.25, -0.2) is 8.78 Å². The standard InChI is InChI=1S/C20H36F2N2O3/c1-7-8-9-10-15(12-20(6,27)19(21)22)23-18(26)17(14(4)5)24-16(25)11-13(2)3/h7,13-15,17,19,27H,1,8-12H2,2-6H3,(H,23,26)(H,24,25)/t15?,17-,20?/m0/s1. The fourth-order valence-corrected chi connectivity index (χ4v) is 2.75. The SMILES string of the molecule is C=CCCCC(CC(C)(O)C(F)F)NC(=O)[C@@H](NC(=O)CC(C)C)C(C)C. The summed E-state index contributed by atoms with van der Waals surface area (Å²) in [6.45, 7) is 12.1. The molecule has 0 rings (SSSR count). The third kappa shape index (κ3) is 10.4. The Kier molecular flexibility index (Phi) is 11.4. The summed E-state index contributed by atoms with van der Waals surface area (Å²) in [6.07, 6.45) is 0.612. The molecule has 3 N–H and O–H groups in total. The van der Waals surface area contributed by atoms with E-state index in [0.29, 0.717) is 25.7 Å². The van der Waals surface area contributed by atoms with Crippen molar-refractivity contribution in [3.8, 4) is 0 Å². The lowest BCUT2D eigenvalue weighted by molar-refractivity contribution is -0.132. The quantitative estimate of drug-likeness (QED) is 0.333. The van der Waals surface area contributed by atoms with Crippen LogP contribution in [0.3, 0.4) is 0 Å². The van der Waals surface area contributed by atoms with Gasteiger partial charge in [-0.05, 0) is 38.0 Å². The van der Waals surface area contributed by atoms with Gasteiger partial charge in [0.2, 0.25) is 11.8 Å². The van der Waals surface area contributed by atoms with Gasteiger partial charge in [0.1, 0.15) is 11.6 Å². The Labute approximate surface area is 162 Å². The van der Waals surface area contributed by atoms with E-state index in [4.69, 9.17) is 0 Å². The Morgan fingerprint density at radius 1 is 1.19 bits per heavy atom. The fourth-order valence-electron chi connectivity index (χ4n) is 2.75. The number of amides is 2. The molecule has 2 amide bonds. The number of nitrogens with one attached hydrogen (secondary N) is 2. The molecule has 0 saturated heterocycles. The van der Waals surface area contributed by atoms with Gasteiger partial charge in [-0.3, -0.25) is 9.59 Å². The van der Waals surface area contributed by atoms with Gasteiger partial charge in [0.15, 0.2) is 0 Å². The van der Waals surface area contributed by atoms with Gasteiger partial charge in [-0.2, -0.15) is 0 Å². The molecule has 3 atom stereocenters. The van der Waals surface area contributed by atoms with Gasteiger partial charge in [-0.15, -0.1) is 6.58 Å². The second-order valence-electron chi connectivity index (χ2n) is 8.17. The summed E-state index contributed by atoms with van der Waals surface area (Å²) in [6, 6.07) is -1.38. The first-order valence-electron chi connectivity index (χ1n) is 9.61. The highest BCUT2D eigenvalue weighted by Gasteiger charge is 2.36. The molecule has 0 aromatic carbocycles. The number of rotatable bonds is 13. The van der Waals surface area contributed by atoms with Crippen molar-refractivity contribution >= 4 is 11.8 Å². The molecule has 0 aliphatic heterocycles. The Morgan fingerprint density at radius 2 is 1.78 bits per heavy atom. The summed E-state index contributed by atoms with van der Waals surface area (Å²) in [5.74, 6) is -0.642. The summed E-state index contributed by atoms with van der Waals surface area (Å²) in [5, 5.41) is 15.4. The number of unbranched alkanes of at least 4 members (excludes halogenated alkanes) is 1. The van der Waals surface area contributed by atoms with Crippen LogP contribution in [0.1, 0.15) is 66.7 Å². The summed E-state index contributed by atoms with van der Waals surface area (Å²) in [4.78, 5) is 24.7. The van der Waals surface area contributed by atoms with E-state index in [9.17, 15) is 23.5 Å². The molecule has 7 heteroatoms. The smallest absolute Gasteiger partial charge is 0.266 e. The molecule has 0 saturated carbocycles. The Balaban J connectivity index is 5.12. The first kappa shape index (κ1) is 25.5. The number of allylic oxidation sites excluding steroid dienone is 1. The first-order valence-corrected chi connectivity index (χ1v) is 9.61. The van der Waals surface area contributed by atoms with Crippen molar-refractivity contribution in [2.75, 3.05) is 0 Å². The number of hydrogen-bond acceptors (Lipinski definition) is 3. The highest BCUT2D eigenvalue weighted by molar-refractivity contribution is 5.88. The molecule has 0 fully saturated rings. The van der Waals surface area contributed by atoms with Crippen LogP contribution >= 0.6 is 0 Å². The molecule has 27 heavy (non-hydrogen) atoms. The van der Waals surface area contributed by atoms with Crippen molar-refractivity contribution in [2.24, 2.45) is 11.8 Å². The molecular formula is C20H36F2N2O3. The normalized spacial score (nSPS) is 16.1. The summed E-state index contributed by atoms with van der Waals surface area (Å²) >= 11 is 0. The topological polar surface area (TPSA) is 78.4 Å². The van der Waals surface area contributed by atoms with Gasteiger partial charge >= 0.3 is 0 Å². The Hall–Kier alpha value is -1.50. The van der Waals surface area contributed by atoms with Crippen LogP contribution in [-0.2, 0) is 9.59 Å². The van der Waals surface area contributed by atoms with Crippen molar-refractivity contribution in [1.82, 2.24) is 10.6 Å². The van der Waals surface area contributed by atoms with Crippen molar-refractivity contribution in [2.45, 2.75) is 90.8 Å². The lowest BCUT2D eigenvalue weighted by Gasteiger charge is -2.30. The zero-order chi connectivity index (χ0) is 21.2. The molecule has 0 aromatic heterocycles. The second-order valence-corrected chi connectivity index (χ2v) is 8.17. The molecule has 0 spiro atoms. The minimum atomic E-state index is -2.91. The number of halogens is 2. The average Bonchev–Trinajstić information content (AvgIpc) is 2.51. The van der Waals surface area contributed by atoms with E-state index in [0.717, 1.165) is 6.92 Å². The van der Waals surface area contributed by atoms with E-state index in [1.165, 1.54) is 0 Å². The molecule has 0 aliphatic carbocycles. The van der Waals surface area contributed by atoms with Gasteiger partial charge in [0.25, 0.3) is 6.43 Å². The molecule has 5 nitrogen and oxygen atoms in total. The van der Waals surface area contributed by atoms with Crippen molar-refractivity contribution in [3.63, 3.8) is 0 Å². The van der Waals surface area contributed by atoms with Crippen LogP contribution in [0.25, 0.3) is 0 Å². The molecule has 0 aliphatic rings. The highest BCUT2D eigenvalue weighted by atomic mass is 19.3. The van der Waals surface area contributed by atoms with E-state index in [1.54, 1.807) is 6.08 Å². The van der Waals surface area contributed by atoms with Crippen LogP contribution in [0.5, 0.6) is 0 Å². The molecular weight excluding hydrogens is 354 g/mol. The van der Waals surface area contributed by atoms with Crippen LogP contribution in [-0.4, -0.2) is 41.0 Å². The summed E-state index contributed by atoms with van der Waals surface area (Å²) in [5.41, 5.74) is -2.19. The van der Waals surface area contributed by atoms with Gasteiger partial charge in [0.05, 0.1) is 0 Å². The monoisotopic (exact) mass is 390 g/mol. The molecule has 0 radical (unpaired) electrons. The minimum Gasteiger partial charge on any atom is -0.384 e. The van der Waals surface area contributed by atoms with E-state index in [-0.39, 0.29) is 24.2 Å². The molecule has 0 aromatic rings. The predicted octanol–water partition coefficient (Wildman–Crippen LogP) is 3.42. The zero-order valence-electron chi connectivity index (χ0n) is 17.2. The maximum Gasteiger partial charge on any atom is 0.266 e. The summed E-state index contributed by atoms with van der Waals surface area (Å²) in [7, 11) is 0. The third-order valence-electron chi connectivity index (χ3n) is 4.30. The largest absolute Gasteiger partial charge is 0.384 e. The molecule has 0 bridgehead atoms. The minimum absolute atomic E-state index is 0.161. The van der Waals surface area contributed by atoms with Crippen LogP contribution in [0.15, 0.2) is 12.7 Å². The number of alkyl halides is 2. The highest BCUT2D eigenvalue weighted by Crippen LogP contribution is 2.23. The fraction of sp³-hybridized carbons (Fsp3) is 0.800. The van der Waals surface area contributed by atoms with Crippen molar-refractivity contribution in [1.29, 1.82) is 0 Å².